The summed E-state index contributed by atoms with van der Waals surface area (Å²) in [7, 11) is -4.01. The van der Waals surface area contributed by atoms with Crippen molar-refractivity contribution in [2.75, 3.05) is 25.6 Å². The molecule has 4 unspecified atom stereocenters. The number of aliphatic hydroxyl groups is 3. The number of carbonyl (C=O) groups excluding carboxylic acids is 2. The van der Waals surface area contributed by atoms with E-state index in [0.717, 1.165) is 22.2 Å². The van der Waals surface area contributed by atoms with Crippen molar-refractivity contribution in [3.63, 3.8) is 0 Å². The smallest absolute Gasteiger partial charge is 0.395 e. The van der Waals surface area contributed by atoms with E-state index >= 15 is 0 Å². The van der Waals surface area contributed by atoms with Gasteiger partial charge in [0.2, 0.25) is 0 Å². The lowest BCUT2D eigenvalue weighted by atomic mass is 9.96. The summed E-state index contributed by atoms with van der Waals surface area (Å²) in [4.78, 5) is 25.9. The van der Waals surface area contributed by atoms with Crippen molar-refractivity contribution >= 4 is 30.7 Å². The van der Waals surface area contributed by atoms with Crippen molar-refractivity contribution in [3.05, 3.63) is 47.7 Å². The lowest BCUT2D eigenvalue weighted by Gasteiger charge is -2.37. The molecule has 7 N–H and O–H groups in total. The minimum Gasteiger partial charge on any atom is -0.395 e. The molecule has 2 amide bonds. The zero-order valence-electron chi connectivity index (χ0n) is 23.0. The second kappa shape index (κ2) is 13.4. The summed E-state index contributed by atoms with van der Waals surface area (Å²) in [6, 6.07) is 8.50. The monoisotopic (exact) mass is 602 g/mol. The van der Waals surface area contributed by atoms with Crippen molar-refractivity contribution in [2.24, 2.45) is 11.1 Å². The first-order chi connectivity index (χ1) is 18.7. The molecule has 0 radical (unpaired) electrons. The minimum atomic E-state index is -4.01. The van der Waals surface area contributed by atoms with Crippen LogP contribution in [0.25, 0.3) is 0 Å². The van der Waals surface area contributed by atoms with E-state index in [1.165, 1.54) is 13.1 Å². The summed E-state index contributed by atoms with van der Waals surface area (Å²) in [5, 5.41) is 36.3. The molecule has 1 aromatic rings. The zero-order valence-corrected chi connectivity index (χ0v) is 24.7. The number of carbonyl (C=O) groups is 2. The highest BCUT2D eigenvalue weighted by atomic mass is 32.2. The third-order valence-corrected chi connectivity index (χ3v) is 9.35. The van der Waals surface area contributed by atoms with E-state index in [4.69, 9.17) is 19.5 Å². The predicted molar refractivity (Wildman–Crippen MR) is 149 cm³/mol. The first-order valence-electron chi connectivity index (χ1n) is 12.7. The van der Waals surface area contributed by atoms with Gasteiger partial charge in [0.15, 0.2) is 11.3 Å². The molecule has 13 nitrogen and oxygen atoms in total. The second-order valence-electron chi connectivity index (χ2n) is 10.5. The fourth-order valence-electron chi connectivity index (χ4n) is 3.87. The van der Waals surface area contributed by atoms with Crippen molar-refractivity contribution < 1.29 is 43.3 Å². The molecule has 0 bridgehead atoms. The first-order valence-corrected chi connectivity index (χ1v) is 15.3. The predicted octanol–water partition coefficient (Wildman–Crippen LogP) is 1.25. The lowest BCUT2D eigenvalue weighted by Crippen LogP contribution is -2.59. The van der Waals surface area contributed by atoms with E-state index in [2.05, 4.69) is 10.4 Å². The number of aliphatic hydroxyl groups excluding tert-OH is 2. The Morgan fingerprint density at radius 1 is 1.32 bits per heavy atom. The summed E-state index contributed by atoms with van der Waals surface area (Å²) >= 11 is 0.939. The fourth-order valence-corrected chi connectivity index (χ4v) is 6.11. The number of nitrogens with one attached hydrogen (secondary N) is 2. The van der Waals surface area contributed by atoms with Crippen molar-refractivity contribution in [2.45, 2.75) is 64.4 Å². The van der Waals surface area contributed by atoms with Gasteiger partial charge in [-0.15, -0.1) is 0 Å². The summed E-state index contributed by atoms with van der Waals surface area (Å²) in [6.45, 7) is 5.50. The van der Waals surface area contributed by atoms with Crippen LogP contribution in [0.1, 0.15) is 33.3 Å². The summed E-state index contributed by atoms with van der Waals surface area (Å²) < 4.78 is 30.7. The number of hydrogen-bond donors (Lipinski definition) is 6. The van der Waals surface area contributed by atoms with Gasteiger partial charge < -0.3 is 31.1 Å². The SMILES string of the molecule is CC1=CN([C@@H]2O[C@H](COP(=O)(NCc3ccccc3)OCCSC(=O)C(C)(C)CO)C(O)C2(C)O)C(=O)NC1N. The Hall–Kier alpha value is -1.84. The second-order valence-corrected chi connectivity index (χ2v) is 13.4. The third kappa shape index (κ3) is 7.91. The highest BCUT2D eigenvalue weighted by Crippen LogP contribution is 2.46. The molecule has 3 rings (SSSR count). The van der Waals surface area contributed by atoms with Crippen LogP contribution in [-0.2, 0) is 29.7 Å². The Bertz CT molecular complexity index is 1120. The maximum atomic E-state index is 13.6. The van der Waals surface area contributed by atoms with E-state index < -0.39 is 56.0 Å². The zero-order chi connectivity index (χ0) is 29.7. The molecule has 1 saturated heterocycles. The molecule has 2 aliphatic rings. The van der Waals surface area contributed by atoms with Crippen LogP contribution in [0, 0.1) is 5.41 Å². The molecule has 0 aromatic heterocycles. The van der Waals surface area contributed by atoms with Crippen LogP contribution in [0.5, 0.6) is 0 Å². The summed E-state index contributed by atoms with van der Waals surface area (Å²) in [6.07, 6.45) is -3.22. The topological polar surface area (TPSA) is 193 Å². The molecule has 0 saturated carbocycles. The number of nitrogens with zero attached hydrogens (tertiary/aromatic N) is 1. The maximum Gasteiger partial charge on any atom is 0.405 e. The normalized spacial score (nSPS) is 28.6. The van der Waals surface area contributed by atoms with Crippen molar-refractivity contribution in [3.8, 4) is 0 Å². The molecule has 40 heavy (non-hydrogen) atoms. The number of hydrogen-bond acceptors (Lipinski definition) is 11. The number of amides is 2. The Balaban J connectivity index is 1.67. The molecular formula is C25H39N4O9PS. The van der Waals surface area contributed by atoms with Crippen LogP contribution >= 0.6 is 19.5 Å². The van der Waals surface area contributed by atoms with Gasteiger partial charge in [-0.25, -0.2) is 14.4 Å². The number of nitrogens with two attached hydrogens (primary N) is 1. The van der Waals surface area contributed by atoms with Gasteiger partial charge >= 0.3 is 13.8 Å². The first kappa shape index (κ1) is 32.7. The largest absolute Gasteiger partial charge is 0.405 e. The van der Waals surface area contributed by atoms with Crippen LogP contribution in [0.2, 0.25) is 0 Å². The van der Waals surface area contributed by atoms with E-state index in [0.29, 0.717) is 5.57 Å². The third-order valence-electron chi connectivity index (χ3n) is 6.61. The van der Waals surface area contributed by atoms with Crippen LogP contribution in [-0.4, -0.2) is 87.1 Å². The van der Waals surface area contributed by atoms with Gasteiger partial charge in [-0.2, -0.15) is 0 Å². The van der Waals surface area contributed by atoms with E-state index in [9.17, 15) is 29.5 Å². The number of benzene rings is 1. The van der Waals surface area contributed by atoms with Gasteiger partial charge in [0, 0.05) is 18.5 Å². The Labute approximate surface area is 238 Å². The van der Waals surface area contributed by atoms with Gasteiger partial charge in [0.25, 0.3) is 0 Å². The Morgan fingerprint density at radius 3 is 2.65 bits per heavy atom. The van der Waals surface area contributed by atoms with Gasteiger partial charge in [-0.1, -0.05) is 42.1 Å². The van der Waals surface area contributed by atoms with Gasteiger partial charge in [-0.05, 0) is 38.8 Å². The van der Waals surface area contributed by atoms with Gasteiger partial charge in [-0.3, -0.25) is 18.7 Å². The number of thioether (sulfide) groups is 1. The average molecular weight is 603 g/mol. The number of rotatable bonds is 13. The lowest BCUT2D eigenvalue weighted by molar-refractivity contribution is -0.119. The molecule has 0 spiro atoms. The molecule has 2 heterocycles. The Morgan fingerprint density at radius 2 is 2.00 bits per heavy atom. The minimum absolute atomic E-state index is 0.121. The quantitative estimate of drug-likeness (QED) is 0.140. The van der Waals surface area contributed by atoms with E-state index in [1.54, 1.807) is 20.8 Å². The standard InChI is InChI=1S/C25H39N4O9PS/c1-16-13-29(23(33)28-20(16)26)21-25(4,34)19(31)18(38-21)14-37-39(35,27-12-17-8-6-5-7-9-17)36-10-11-40-22(32)24(2,3)15-30/h5-9,13,18-21,30-31,34H,10-12,14-15,26H2,1-4H3,(H,27,35)(H,28,33)/t18-,19?,20?,21-,25?,39?/m1/s1. The molecule has 1 fully saturated rings. The number of urea groups is 1. The highest BCUT2D eigenvalue weighted by molar-refractivity contribution is 8.13. The van der Waals surface area contributed by atoms with E-state index in [-0.39, 0.29) is 30.6 Å². The van der Waals surface area contributed by atoms with Crippen LogP contribution in [0.4, 0.5) is 4.79 Å². The molecule has 0 aliphatic carbocycles. The summed E-state index contributed by atoms with van der Waals surface area (Å²) in [5.74, 6) is 0.153. The van der Waals surface area contributed by atoms with Crippen molar-refractivity contribution in [1.82, 2.24) is 15.3 Å². The highest BCUT2D eigenvalue weighted by Gasteiger charge is 2.56. The Kier molecular flexibility index (Phi) is 11.0. The fraction of sp³-hybridized carbons (Fsp3) is 0.600. The van der Waals surface area contributed by atoms with Crippen LogP contribution in [0.15, 0.2) is 42.1 Å². The molecule has 2 aliphatic heterocycles. The average Bonchev–Trinajstić information content (AvgIpc) is 3.14. The van der Waals surface area contributed by atoms with Gasteiger partial charge in [0.05, 0.1) is 25.2 Å². The molecule has 6 atom stereocenters. The molecular weight excluding hydrogens is 563 g/mol. The van der Waals surface area contributed by atoms with Gasteiger partial charge in [0.1, 0.15) is 24.0 Å². The van der Waals surface area contributed by atoms with Crippen molar-refractivity contribution in [1.29, 1.82) is 0 Å². The molecule has 1 aromatic carbocycles. The van der Waals surface area contributed by atoms with E-state index in [1.807, 2.05) is 30.3 Å². The van der Waals surface area contributed by atoms with Crippen LogP contribution < -0.4 is 16.1 Å². The van der Waals surface area contributed by atoms with Crippen LogP contribution in [0.3, 0.4) is 0 Å². The molecule has 224 valence electrons. The summed E-state index contributed by atoms with van der Waals surface area (Å²) in [5.41, 5.74) is 4.42. The molecule has 15 heteroatoms. The number of ether oxygens (including phenoxy) is 1. The maximum absolute atomic E-state index is 13.6.